The fourth-order valence-corrected chi connectivity index (χ4v) is 6.00. The van der Waals surface area contributed by atoms with E-state index in [1.54, 1.807) is 12.1 Å². The zero-order valence-corrected chi connectivity index (χ0v) is 20.9. The third kappa shape index (κ3) is 3.55. The van der Waals surface area contributed by atoms with Crippen molar-refractivity contribution in [2.45, 2.75) is 39.5 Å². The van der Waals surface area contributed by atoms with Crippen LogP contribution in [0.4, 0.5) is 11.4 Å². The van der Waals surface area contributed by atoms with Crippen molar-refractivity contribution < 1.29 is 14.5 Å². The quantitative estimate of drug-likeness (QED) is 0.299. The standard InChI is InChI=1S/C31H26N2O4/c1-18-8-12-20(13-9-18)32-24-16-31(2,3)17-25(34)27(24)26(19-10-14-21(15-11-19)33(36)37)28-29(32)22-6-4-5-7-23(22)30(28)35/h4-15,26H,16-17H2,1-3H3. The molecule has 3 aromatic rings. The van der Waals surface area contributed by atoms with E-state index in [0.29, 0.717) is 35.1 Å². The molecule has 3 aliphatic rings. The van der Waals surface area contributed by atoms with Gasteiger partial charge in [0.05, 0.1) is 10.6 Å². The third-order valence-electron chi connectivity index (χ3n) is 7.62. The van der Waals surface area contributed by atoms with Gasteiger partial charge in [-0.15, -0.1) is 0 Å². The molecule has 1 heterocycles. The Morgan fingerprint density at radius 3 is 2.16 bits per heavy atom. The van der Waals surface area contributed by atoms with Gasteiger partial charge in [-0.05, 0) is 36.5 Å². The normalized spacial score (nSPS) is 20.1. The second-order valence-electron chi connectivity index (χ2n) is 10.9. The summed E-state index contributed by atoms with van der Waals surface area (Å²) >= 11 is 0. The van der Waals surface area contributed by atoms with E-state index in [4.69, 9.17) is 0 Å². The Kier molecular flexibility index (Phi) is 5.06. The number of carbonyl (C=O) groups excluding carboxylic acids is 2. The number of rotatable bonds is 3. The van der Waals surface area contributed by atoms with Gasteiger partial charge in [-0.25, -0.2) is 0 Å². The highest BCUT2D eigenvalue weighted by Crippen LogP contribution is 2.56. The number of nitro benzene ring substituents is 1. The van der Waals surface area contributed by atoms with E-state index in [0.717, 1.165) is 28.2 Å². The minimum Gasteiger partial charge on any atom is -0.313 e. The Balaban J connectivity index is 1.67. The summed E-state index contributed by atoms with van der Waals surface area (Å²) in [7, 11) is 0. The lowest BCUT2D eigenvalue weighted by Gasteiger charge is -2.44. The van der Waals surface area contributed by atoms with Crippen LogP contribution in [0.3, 0.4) is 0 Å². The number of Topliss-reactive ketones (excluding diaryl/α,β-unsaturated/α-hetero) is 2. The topological polar surface area (TPSA) is 80.5 Å². The molecule has 0 aromatic heterocycles. The molecule has 184 valence electrons. The molecule has 0 spiro atoms. The van der Waals surface area contributed by atoms with Crippen molar-refractivity contribution in [3.05, 3.63) is 122 Å². The van der Waals surface area contributed by atoms with Crippen LogP contribution in [-0.2, 0) is 4.79 Å². The average molecular weight is 491 g/mol. The molecule has 1 atom stereocenters. The summed E-state index contributed by atoms with van der Waals surface area (Å²) in [5.74, 6) is -0.673. The number of aryl methyl sites for hydroxylation is 1. The van der Waals surface area contributed by atoms with Crippen LogP contribution in [0.5, 0.6) is 0 Å². The molecule has 3 aromatic carbocycles. The highest BCUT2D eigenvalue weighted by Gasteiger charge is 2.49. The molecule has 0 saturated heterocycles. The minimum absolute atomic E-state index is 0.0158. The van der Waals surface area contributed by atoms with Crippen LogP contribution >= 0.6 is 0 Å². The molecule has 6 nitrogen and oxygen atoms in total. The van der Waals surface area contributed by atoms with Gasteiger partial charge >= 0.3 is 0 Å². The number of benzene rings is 3. The van der Waals surface area contributed by atoms with E-state index in [-0.39, 0.29) is 22.7 Å². The number of nitro groups is 1. The fraction of sp³-hybridized carbons (Fsp3) is 0.226. The van der Waals surface area contributed by atoms with Crippen LogP contribution < -0.4 is 4.90 Å². The van der Waals surface area contributed by atoms with E-state index in [2.05, 4.69) is 18.7 Å². The maximum absolute atomic E-state index is 14.0. The minimum atomic E-state index is -0.587. The second kappa shape index (κ2) is 8.10. The van der Waals surface area contributed by atoms with E-state index >= 15 is 0 Å². The molecule has 0 N–H and O–H groups in total. The molecular formula is C31H26N2O4. The van der Waals surface area contributed by atoms with E-state index in [1.165, 1.54) is 12.1 Å². The second-order valence-corrected chi connectivity index (χ2v) is 10.9. The molecule has 0 fully saturated rings. The molecule has 6 heteroatoms. The summed E-state index contributed by atoms with van der Waals surface area (Å²) in [6.07, 6.45) is 1.04. The molecule has 0 amide bonds. The lowest BCUT2D eigenvalue weighted by Crippen LogP contribution is -2.39. The summed E-state index contributed by atoms with van der Waals surface area (Å²) in [5.41, 5.74) is 6.80. The predicted octanol–water partition coefficient (Wildman–Crippen LogP) is 6.76. The largest absolute Gasteiger partial charge is 0.313 e. The molecule has 0 saturated carbocycles. The lowest BCUT2D eigenvalue weighted by atomic mass is 9.68. The first-order valence-corrected chi connectivity index (χ1v) is 12.4. The van der Waals surface area contributed by atoms with Gasteiger partial charge in [0.15, 0.2) is 11.6 Å². The third-order valence-corrected chi connectivity index (χ3v) is 7.62. The number of carbonyl (C=O) groups is 2. The van der Waals surface area contributed by atoms with Crippen LogP contribution in [0.1, 0.15) is 59.7 Å². The van der Waals surface area contributed by atoms with Crippen molar-refractivity contribution in [3.8, 4) is 0 Å². The van der Waals surface area contributed by atoms with Gasteiger partial charge in [0.25, 0.3) is 5.69 Å². The zero-order valence-electron chi connectivity index (χ0n) is 20.9. The van der Waals surface area contributed by atoms with Crippen LogP contribution in [0.15, 0.2) is 89.6 Å². The first-order chi connectivity index (χ1) is 17.7. The summed E-state index contributed by atoms with van der Waals surface area (Å²) in [6.45, 7) is 6.22. The number of hydrogen-bond acceptors (Lipinski definition) is 5. The SMILES string of the molecule is Cc1ccc(N2C3=C(C(=O)CC(C)(C)C3)C(c3ccc([N+](=O)[O-])cc3)C3=C2c2ccccc2C3=O)cc1. The van der Waals surface area contributed by atoms with Crippen LogP contribution in [0, 0.1) is 22.5 Å². The van der Waals surface area contributed by atoms with Gasteiger partial charge in [-0.2, -0.15) is 0 Å². The Labute approximate surface area is 215 Å². The number of allylic oxidation sites excluding steroid dienone is 3. The molecule has 1 aliphatic heterocycles. The number of fused-ring (bicyclic) bond motifs is 2. The highest BCUT2D eigenvalue weighted by atomic mass is 16.6. The Bertz CT molecular complexity index is 1560. The Morgan fingerprint density at radius 2 is 1.51 bits per heavy atom. The van der Waals surface area contributed by atoms with Crippen molar-refractivity contribution in [2.24, 2.45) is 5.41 Å². The van der Waals surface area contributed by atoms with Gasteiger partial charge < -0.3 is 4.90 Å². The number of hydrogen-bond donors (Lipinski definition) is 0. The van der Waals surface area contributed by atoms with E-state index in [1.807, 2.05) is 55.5 Å². The molecule has 37 heavy (non-hydrogen) atoms. The van der Waals surface area contributed by atoms with Gasteiger partial charge in [-0.1, -0.05) is 67.9 Å². The first-order valence-electron chi connectivity index (χ1n) is 12.4. The summed E-state index contributed by atoms with van der Waals surface area (Å²) in [4.78, 5) is 40.9. The lowest BCUT2D eigenvalue weighted by molar-refractivity contribution is -0.384. The predicted molar refractivity (Wildman–Crippen MR) is 142 cm³/mol. The fourth-order valence-electron chi connectivity index (χ4n) is 6.00. The Morgan fingerprint density at radius 1 is 0.865 bits per heavy atom. The van der Waals surface area contributed by atoms with Crippen molar-refractivity contribution in [3.63, 3.8) is 0 Å². The van der Waals surface area contributed by atoms with Gasteiger partial charge in [0, 0.05) is 58.1 Å². The van der Waals surface area contributed by atoms with Crippen LogP contribution in [0.25, 0.3) is 5.70 Å². The van der Waals surface area contributed by atoms with Crippen molar-refractivity contribution in [2.75, 3.05) is 4.90 Å². The summed E-state index contributed by atoms with van der Waals surface area (Å²) < 4.78 is 0. The number of non-ortho nitro benzene ring substituents is 1. The number of nitrogens with zero attached hydrogens (tertiary/aromatic N) is 2. The zero-order chi connectivity index (χ0) is 26.1. The van der Waals surface area contributed by atoms with Gasteiger partial charge in [0.1, 0.15) is 0 Å². The molecule has 2 aliphatic carbocycles. The van der Waals surface area contributed by atoms with Crippen molar-refractivity contribution >= 4 is 28.6 Å². The maximum atomic E-state index is 14.0. The molecule has 0 bridgehead atoms. The molecular weight excluding hydrogens is 464 g/mol. The molecule has 1 unspecified atom stereocenters. The summed E-state index contributed by atoms with van der Waals surface area (Å²) in [5, 5.41) is 11.3. The molecule has 0 radical (unpaired) electrons. The van der Waals surface area contributed by atoms with Gasteiger partial charge in [0.2, 0.25) is 0 Å². The summed E-state index contributed by atoms with van der Waals surface area (Å²) in [6, 6.07) is 22.0. The smallest absolute Gasteiger partial charge is 0.269 e. The van der Waals surface area contributed by atoms with Crippen LogP contribution in [-0.4, -0.2) is 16.5 Å². The monoisotopic (exact) mass is 490 g/mol. The Hall–Kier alpha value is -4.32. The van der Waals surface area contributed by atoms with Crippen LogP contribution in [0.2, 0.25) is 0 Å². The van der Waals surface area contributed by atoms with Gasteiger partial charge in [-0.3, -0.25) is 19.7 Å². The van der Waals surface area contributed by atoms with Crippen molar-refractivity contribution in [1.82, 2.24) is 0 Å². The number of anilines is 1. The van der Waals surface area contributed by atoms with E-state index in [9.17, 15) is 19.7 Å². The first kappa shape index (κ1) is 23.1. The van der Waals surface area contributed by atoms with Crippen molar-refractivity contribution in [1.29, 1.82) is 0 Å². The number of ketones is 2. The van der Waals surface area contributed by atoms with E-state index < -0.39 is 10.8 Å². The average Bonchev–Trinajstić information content (AvgIpc) is 3.15. The maximum Gasteiger partial charge on any atom is 0.269 e. The highest BCUT2D eigenvalue weighted by molar-refractivity contribution is 6.25. The molecule has 6 rings (SSSR count).